The lowest BCUT2D eigenvalue weighted by molar-refractivity contribution is 0.307. The summed E-state index contributed by atoms with van der Waals surface area (Å²) in [6.45, 7) is 0.0980. The van der Waals surface area contributed by atoms with Crippen LogP contribution in [0.3, 0.4) is 0 Å². The molecule has 3 aromatic rings. The van der Waals surface area contributed by atoms with E-state index in [0.29, 0.717) is 31.2 Å². The van der Waals surface area contributed by atoms with Gasteiger partial charge in [0, 0.05) is 12.1 Å². The molecule has 28 heavy (non-hydrogen) atoms. The number of hydrogen-bond acceptors (Lipinski definition) is 4. The summed E-state index contributed by atoms with van der Waals surface area (Å²) < 4.78 is 29.6. The first-order valence-corrected chi connectivity index (χ1v) is 9.24. The van der Waals surface area contributed by atoms with Crippen molar-refractivity contribution in [3.8, 4) is 0 Å². The molecule has 0 amide bonds. The number of fused-ring (bicyclic) bond motifs is 1. The molecule has 2 aromatic heterocycles. The van der Waals surface area contributed by atoms with E-state index >= 15 is 0 Å². The van der Waals surface area contributed by atoms with E-state index in [0.717, 1.165) is 12.3 Å². The summed E-state index contributed by atoms with van der Waals surface area (Å²) in [5.41, 5.74) is 5.70. The Bertz CT molecular complexity index is 1130. The van der Waals surface area contributed by atoms with Gasteiger partial charge in [-0.1, -0.05) is 12.1 Å². The van der Waals surface area contributed by atoms with Crippen LogP contribution in [0.2, 0.25) is 0 Å². The molecule has 0 saturated heterocycles. The van der Waals surface area contributed by atoms with E-state index in [-0.39, 0.29) is 35.5 Å². The summed E-state index contributed by atoms with van der Waals surface area (Å²) in [4.78, 5) is 30.2. The minimum absolute atomic E-state index is 0.0524. The summed E-state index contributed by atoms with van der Waals surface area (Å²) in [5.74, 6) is -1.03. The quantitative estimate of drug-likeness (QED) is 0.749. The lowest BCUT2D eigenvalue weighted by Gasteiger charge is -2.27. The van der Waals surface area contributed by atoms with Crippen LogP contribution >= 0.6 is 0 Å². The highest BCUT2D eigenvalue weighted by atomic mass is 19.1. The van der Waals surface area contributed by atoms with Crippen LogP contribution < -0.4 is 17.0 Å². The van der Waals surface area contributed by atoms with Crippen LogP contribution in [0.25, 0.3) is 11.0 Å². The Morgan fingerprint density at radius 3 is 2.39 bits per heavy atom. The maximum atomic E-state index is 13.8. The topological polar surface area (TPSA) is 82.9 Å². The van der Waals surface area contributed by atoms with Gasteiger partial charge in [-0.05, 0) is 49.4 Å². The Morgan fingerprint density at radius 1 is 1.04 bits per heavy atom. The molecule has 146 valence electrons. The lowest BCUT2D eigenvalue weighted by Crippen LogP contribution is -2.44. The standard InChI is InChI=1S/C20H20F2N4O2/c21-13-3-1-12(2-4-13)11-25-18-17(9-14(22)10-24-18)19(27)26(20(25)28)16-7-5-15(23)6-8-16/h1-4,9-10,15-16H,5-8,11,23H2/t15-,16+. The van der Waals surface area contributed by atoms with Gasteiger partial charge in [-0.25, -0.2) is 18.6 Å². The first-order valence-electron chi connectivity index (χ1n) is 9.24. The zero-order valence-electron chi connectivity index (χ0n) is 15.1. The monoisotopic (exact) mass is 386 g/mol. The molecule has 0 unspecified atom stereocenters. The number of hydrogen-bond donors (Lipinski definition) is 1. The number of rotatable bonds is 3. The number of halogens is 2. The van der Waals surface area contributed by atoms with E-state index in [4.69, 9.17) is 5.73 Å². The second-order valence-corrected chi connectivity index (χ2v) is 7.26. The zero-order valence-corrected chi connectivity index (χ0v) is 15.1. The second-order valence-electron chi connectivity index (χ2n) is 7.26. The van der Waals surface area contributed by atoms with Crippen LogP contribution in [-0.2, 0) is 6.54 Å². The largest absolute Gasteiger partial charge is 0.333 e. The van der Waals surface area contributed by atoms with Gasteiger partial charge in [0.2, 0.25) is 0 Å². The minimum atomic E-state index is -0.645. The Balaban J connectivity index is 1.91. The van der Waals surface area contributed by atoms with Gasteiger partial charge in [0.1, 0.15) is 17.3 Å². The summed E-state index contributed by atoms with van der Waals surface area (Å²) >= 11 is 0. The van der Waals surface area contributed by atoms with E-state index < -0.39 is 17.1 Å². The third-order valence-electron chi connectivity index (χ3n) is 5.34. The molecular weight excluding hydrogens is 366 g/mol. The van der Waals surface area contributed by atoms with E-state index in [9.17, 15) is 18.4 Å². The van der Waals surface area contributed by atoms with Crippen molar-refractivity contribution in [1.29, 1.82) is 0 Å². The molecular formula is C20H20F2N4O2. The maximum absolute atomic E-state index is 13.8. The number of nitrogens with two attached hydrogens (primary N) is 1. The van der Waals surface area contributed by atoms with Crippen molar-refractivity contribution in [2.75, 3.05) is 0 Å². The van der Waals surface area contributed by atoms with E-state index in [1.165, 1.54) is 21.3 Å². The first-order chi connectivity index (χ1) is 13.4. The summed E-state index contributed by atoms with van der Waals surface area (Å²) in [5, 5.41) is 0.0524. The molecule has 1 aliphatic rings. The van der Waals surface area contributed by atoms with Crippen LogP contribution in [0, 0.1) is 11.6 Å². The van der Waals surface area contributed by atoms with Crippen molar-refractivity contribution < 1.29 is 8.78 Å². The Kier molecular flexibility index (Phi) is 4.80. The van der Waals surface area contributed by atoms with Gasteiger partial charge < -0.3 is 5.73 Å². The van der Waals surface area contributed by atoms with Gasteiger partial charge in [-0.15, -0.1) is 0 Å². The Hall–Kier alpha value is -2.87. The summed E-state index contributed by atoms with van der Waals surface area (Å²) in [7, 11) is 0. The number of aromatic nitrogens is 3. The molecule has 0 atom stereocenters. The fourth-order valence-corrected chi connectivity index (χ4v) is 3.84. The van der Waals surface area contributed by atoms with Gasteiger partial charge in [0.25, 0.3) is 5.56 Å². The van der Waals surface area contributed by atoms with Gasteiger partial charge in [0.15, 0.2) is 0 Å². The SMILES string of the molecule is N[C@H]1CC[C@@H](n2c(=O)c3cc(F)cnc3n(Cc3ccc(F)cc3)c2=O)CC1. The highest BCUT2D eigenvalue weighted by Crippen LogP contribution is 2.26. The maximum Gasteiger partial charge on any atom is 0.333 e. The molecule has 0 radical (unpaired) electrons. The van der Waals surface area contributed by atoms with Gasteiger partial charge >= 0.3 is 5.69 Å². The first kappa shape index (κ1) is 18.5. The van der Waals surface area contributed by atoms with Crippen molar-refractivity contribution in [2.24, 2.45) is 5.73 Å². The molecule has 1 aliphatic carbocycles. The fourth-order valence-electron chi connectivity index (χ4n) is 3.84. The van der Waals surface area contributed by atoms with Crippen LogP contribution in [0.5, 0.6) is 0 Å². The van der Waals surface area contributed by atoms with Crippen molar-refractivity contribution in [3.63, 3.8) is 0 Å². The smallest absolute Gasteiger partial charge is 0.328 e. The minimum Gasteiger partial charge on any atom is -0.328 e. The normalized spacial score (nSPS) is 19.8. The van der Waals surface area contributed by atoms with Crippen molar-refractivity contribution in [2.45, 2.75) is 44.3 Å². The number of benzene rings is 1. The van der Waals surface area contributed by atoms with Gasteiger partial charge in [-0.2, -0.15) is 0 Å². The zero-order chi connectivity index (χ0) is 19.8. The molecule has 0 aliphatic heterocycles. The molecule has 0 spiro atoms. The Labute approximate surface area is 159 Å². The van der Waals surface area contributed by atoms with Crippen molar-refractivity contribution >= 4 is 11.0 Å². The van der Waals surface area contributed by atoms with Crippen molar-refractivity contribution in [3.05, 3.63) is 74.6 Å². The Morgan fingerprint density at radius 2 is 1.71 bits per heavy atom. The molecule has 2 N–H and O–H groups in total. The summed E-state index contributed by atoms with van der Waals surface area (Å²) in [6.07, 6.45) is 3.64. The molecule has 4 rings (SSSR count). The van der Waals surface area contributed by atoms with Crippen molar-refractivity contribution in [1.82, 2.24) is 14.1 Å². The second kappa shape index (κ2) is 7.27. The highest BCUT2D eigenvalue weighted by molar-refractivity contribution is 5.73. The van der Waals surface area contributed by atoms with Crippen LogP contribution in [-0.4, -0.2) is 20.2 Å². The average Bonchev–Trinajstić information content (AvgIpc) is 2.68. The third-order valence-corrected chi connectivity index (χ3v) is 5.34. The van der Waals surface area contributed by atoms with Gasteiger partial charge in [-0.3, -0.25) is 13.9 Å². The summed E-state index contributed by atoms with van der Waals surface area (Å²) in [6, 6.07) is 6.61. The molecule has 6 nitrogen and oxygen atoms in total. The van der Waals surface area contributed by atoms with Crippen LogP contribution in [0.1, 0.15) is 37.3 Å². The van der Waals surface area contributed by atoms with Gasteiger partial charge in [0.05, 0.1) is 18.1 Å². The van der Waals surface area contributed by atoms with Crippen LogP contribution in [0.15, 0.2) is 46.1 Å². The molecule has 1 saturated carbocycles. The molecule has 8 heteroatoms. The third kappa shape index (κ3) is 3.35. The van der Waals surface area contributed by atoms with Crippen LogP contribution in [0.4, 0.5) is 8.78 Å². The molecule has 0 bridgehead atoms. The van der Waals surface area contributed by atoms with E-state index in [1.807, 2.05) is 0 Å². The number of nitrogens with zero attached hydrogens (tertiary/aromatic N) is 3. The van der Waals surface area contributed by atoms with E-state index in [2.05, 4.69) is 4.98 Å². The lowest BCUT2D eigenvalue weighted by atomic mass is 9.91. The predicted octanol–water partition coefficient (Wildman–Crippen LogP) is 2.33. The van der Waals surface area contributed by atoms with E-state index in [1.54, 1.807) is 12.1 Å². The average molecular weight is 386 g/mol. The molecule has 1 fully saturated rings. The highest BCUT2D eigenvalue weighted by Gasteiger charge is 2.25. The predicted molar refractivity (Wildman–Crippen MR) is 101 cm³/mol. The molecule has 2 heterocycles. The fraction of sp³-hybridized carbons (Fsp3) is 0.350. The molecule has 1 aromatic carbocycles. The number of pyridine rings is 1.